The monoisotopic (exact) mass is 401 g/mol. The topological polar surface area (TPSA) is 92.8 Å². The fourth-order valence-corrected chi connectivity index (χ4v) is 3.74. The number of amides is 1. The van der Waals surface area contributed by atoms with Crippen molar-refractivity contribution >= 4 is 5.91 Å². The highest BCUT2D eigenvalue weighted by Gasteiger charge is 2.25. The Kier molecular flexibility index (Phi) is 5.75. The summed E-state index contributed by atoms with van der Waals surface area (Å²) in [6.45, 7) is 1.91. The predicted octanol–water partition coefficient (Wildman–Crippen LogP) is 3.57. The maximum absolute atomic E-state index is 12.8. The molecule has 0 spiro atoms. The van der Waals surface area contributed by atoms with Gasteiger partial charge in [-0.3, -0.25) is 4.79 Å². The molecule has 7 heteroatoms. The molecule has 1 saturated carbocycles. The highest BCUT2D eigenvalue weighted by atomic mass is 16.5. The molecule has 0 radical (unpaired) electrons. The predicted molar refractivity (Wildman–Crippen MR) is 111 cm³/mol. The van der Waals surface area contributed by atoms with Gasteiger partial charge in [0.1, 0.15) is 12.2 Å². The van der Waals surface area contributed by atoms with Crippen molar-refractivity contribution in [2.45, 2.75) is 44.8 Å². The summed E-state index contributed by atoms with van der Waals surface area (Å²) in [5, 5.41) is 16.4. The third kappa shape index (κ3) is 4.33. The number of rotatable bonds is 5. The summed E-state index contributed by atoms with van der Waals surface area (Å²) in [6.07, 6.45) is 6.59. The normalized spacial score (nSPS) is 18.4. The Morgan fingerprint density at radius 3 is 2.57 bits per heavy atom. The van der Waals surface area contributed by atoms with Crippen LogP contribution in [-0.4, -0.2) is 32.8 Å². The lowest BCUT2D eigenvalue weighted by atomic mass is 9.92. The Hall–Kier alpha value is -3.66. The summed E-state index contributed by atoms with van der Waals surface area (Å²) in [5.74, 6) is 0.443. The second kappa shape index (κ2) is 8.78. The van der Waals surface area contributed by atoms with Gasteiger partial charge in [0.05, 0.1) is 28.7 Å². The quantitative estimate of drug-likeness (QED) is 0.705. The van der Waals surface area contributed by atoms with Crippen LogP contribution in [0.15, 0.2) is 54.9 Å². The molecule has 0 atom stereocenters. The molecule has 152 valence electrons. The van der Waals surface area contributed by atoms with Crippen LogP contribution in [0.3, 0.4) is 0 Å². The van der Waals surface area contributed by atoms with Gasteiger partial charge in [-0.1, -0.05) is 18.2 Å². The Morgan fingerprint density at radius 2 is 1.90 bits per heavy atom. The smallest absolute Gasteiger partial charge is 0.254 e. The van der Waals surface area contributed by atoms with Gasteiger partial charge in [0.15, 0.2) is 0 Å². The minimum absolute atomic E-state index is 0.0705. The molecule has 2 heterocycles. The lowest BCUT2D eigenvalue weighted by Gasteiger charge is -2.29. The lowest BCUT2D eigenvalue weighted by Crippen LogP contribution is -2.39. The average Bonchev–Trinajstić information content (AvgIpc) is 3.17. The van der Waals surface area contributed by atoms with Crippen LogP contribution in [0.4, 0.5) is 0 Å². The molecule has 0 bridgehead atoms. The molecule has 1 aromatic carbocycles. The van der Waals surface area contributed by atoms with Crippen LogP contribution >= 0.6 is 0 Å². The van der Waals surface area contributed by atoms with Crippen molar-refractivity contribution in [3.05, 3.63) is 71.7 Å². The van der Waals surface area contributed by atoms with E-state index in [4.69, 9.17) is 10.00 Å². The fourth-order valence-electron chi connectivity index (χ4n) is 3.74. The molecule has 1 fully saturated rings. The third-order valence-electron chi connectivity index (χ3n) is 5.42. The van der Waals surface area contributed by atoms with E-state index < -0.39 is 0 Å². The van der Waals surface area contributed by atoms with Crippen LogP contribution in [-0.2, 0) is 0 Å². The SMILES string of the molecule is Cc1c(C(=O)NC2CCC(Oc3ccc(C#N)cn3)CC2)cnn1-c1ccccc1. The number of nitrogens with zero attached hydrogens (tertiary/aromatic N) is 4. The van der Waals surface area contributed by atoms with Gasteiger partial charge in [-0.2, -0.15) is 10.4 Å². The van der Waals surface area contributed by atoms with Crippen LogP contribution in [0.25, 0.3) is 5.69 Å². The molecule has 1 aliphatic carbocycles. The highest BCUT2D eigenvalue weighted by molar-refractivity contribution is 5.95. The molecule has 2 aromatic heterocycles. The second-order valence-electron chi connectivity index (χ2n) is 7.45. The van der Waals surface area contributed by atoms with Gasteiger partial charge in [0.25, 0.3) is 5.91 Å². The van der Waals surface area contributed by atoms with Crippen LogP contribution in [0, 0.1) is 18.3 Å². The first kappa shape index (κ1) is 19.6. The minimum Gasteiger partial charge on any atom is -0.474 e. The maximum Gasteiger partial charge on any atom is 0.254 e. The summed E-state index contributed by atoms with van der Waals surface area (Å²) >= 11 is 0. The van der Waals surface area contributed by atoms with Gasteiger partial charge in [-0.25, -0.2) is 9.67 Å². The molecule has 3 aromatic rings. The number of pyridine rings is 1. The molecule has 7 nitrogen and oxygen atoms in total. The van der Waals surface area contributed by atoms with Gasteiger partial charge in [0, 0.05) is 18.3 Å². The molecule has 0 aliphatic heterocycles. The molecular weight excluding hydrogens is 378 g/mol. The number of nitrogens with one attached hydrogen (secondary N) is 1. The number of carbonyl (C=O) groups excluding carboxylic acids is 1. The molecule has 0 saturated heterocycles. The van der Waals surface area contributed by atoms with Crippen molar-refractivity contribution in [2.75, 3.05) is 0 Å². The fraction of sp³-hybridized carbons (Fsp3) is 0.304. The zero-order valence-corrected chi connectivity index (χ0v) is 16.8. The van der Waals surface area contributed by atoms with Crippen molar-refractivity contribution < 1.29 is 9.53 Å². The number of carbonyl (C=O) groups is 1. The number of para-hydroxylation sites is 1. The molecule has 4 rings (SSSR count). The summed E-state index contributed by atoms with van der Waals surface area (Å²) in [4.78, 5) is 16.9. The summed E-state index contributed by atoms with van der Waals surface area (Å²) in [5.41, 5.74) is 2.87. The van der Waals surface area contributed by atoms with Crippen LogP contribution < -0.4 is 10.1 Å². The summed E-state index contributed by atoms with van der Waals surface area (Å²) < 4.78 is 7.70. The van der Waals surface area contributed by atoms with Crippen LogP contribution in [0.2, 0.25) is 0 Å². The van der Waals surface area contributed by atoms with Gasteiger partial charge < -0.3 is 10.1 Å². The Balaban J connectivity index is 1.31. The van der Waals surface area contributed by atoms with E-state index in [0.717, 1.165) is 37.1 Å². The number of hydrogen-bond donors (Lipinski definition) is 1. The number of aromatic nitrogens is 3. The molecule has 1 N–H and O–H groups in total. The first-order valence-electron chi connectivity index (χ1n) is 10.1. The van der Waals surface area contributed by atoms with Gasteiger partial charge in [-0.05, 0) is 50.8 Å². The van der Waals surface area contributed by atoms with E-state index >= 15 is 0 Å². The van der Waals surface area contributed by atoms with Gasteiger partial charge >= 0.3 is 0 Å². The Labute approximate surface area is 175 Å². The molecule has 0 unspecified atom stereocenters. The van der Waals surface area contributed by atoms with Crippen LogP contribution in [0.5, 0.6) is 5.88 Å². The number of hydrogen-bond acceptors (Lipinski definition) is 5. The number of ether oxygens (including phenoxy) is 1. The van der Waals surface area contributed by atoms with E-state index in [0.29, 0.717) is 17.0 Å². The zero-order valence-electron chi connectivity index (χ0n) is 16.8. The first-order valence-corrected chi connectivity index (χ1v) is 10.1. The maximum atomic E-state index is 12.8. The number of benzene rings is 1. The number of nitriles is 1. The van der Waals surface area contributed by atoms with Gasteiger partial charge in [-0.15, -0.1) is 0 Å². The zero-order chi connectivity index (χ0) is 20.9. The van der Waals surface area contributed by atoms with E-state index in [1.807, 2.05) is 43.3 Å². The Morgan fingerprint density at radius 1 is 1.13 bits per heavy atom. The summed E-state index contributed by atoms with van der Waals surface area (Å²) in [7, 11) is 0. The van der Waals surface area contributed by atoms with E-state index in [9.17, 15) is 4.79 Å². The van der Waals surface area contributed by atoms with Crippen molar-refractivity contribution in [1.82, 2.24) is 20.1 Å². The molecule has 30 heavy (non-hydrogen) atoms. The Bertz CT molecular complexity index is 1050. The van der Waals surface area contributed by atoms with Crippen molar-refractivity contribution in [2.24, 2.45) is 0 Å². The largest absolute Gasteiger partial charge is 0.474 e. The van der Waals surface area contributed by atoms with Crippen molar-refractivity contribution in [1.29, 1.82) is 5.26 Å². The van der Waals surface area contributed by atoms with E-state index in [2.05, 4.69) is 15.4 Å². The van der Waals surface area contributed by atoms with Crippen molar-refractivity contribution in [3.63, 3.8) is 0 Å². The molecule has 1 amide bonds. The molecule has 1 aliphatic rings. The average molecular weight is 401 g/mol. The standard InChI is InChI=1S/C23H23N5O2/c1-16-21(15-26-28(16)19-5-3-2-4-6-19)23(29)27-18-8-10-20(11-9-18)30-22-12-7-17(13-24)14-25-22/h2-7,12,14-15,18,20H,8-11H2,1H3,(H,27,29). The minimum atomic E-state index is -0.0900. The van der Waals surface area contributed by atoms with E-state index in [-0.39, 0.29) is 18.1 Å². The van der Waals surface area contributed by atoms with E-state index in [1.54, 1.807) is 23.0 Å². The van der Waals surface area contributed by atoms with Crippen LogP contribution in [0.1, 0.15) is 47.3 Å². The lowest BCUT2D eigenvalue weighted by molar-refractivity contribution is 0.0889. The van der Waals surface area contributed by atoms with Gasteiger partial charge in [0.2, 0.25) is 5.88 Å². The third-order valence-corrected chi connectivity index (χ3v) is 5.42. The summed E-state index contributed by atoms with van der Waals surface area (Å²) in [6, 6.07) is 15.4. The molecular formula is C23H23N5O2. The van der Waals surface area contributed by atoms with Crippen molar-refractivity contribution in [3.8, 4) is 17.6 Å². The highest BCUT2D eigenvalue weighted by Crippen LogP contribution is 2.24. The van der Waals surface area contributed by atoms with E-state index in [1.165, 1.54) is 6.20 Å². The second-order valence-corrected chi connectivity index (χ2v) is 7.45. The first-order chi connectivity index (χ1) is 14.6.